The van der Waals surface area contributed by atoms with E-state index in [9.17, 15) is 4.79 Å². The highest BCUT2D eigenvalue weighted by molar-refractivity contribution is 5.68. The van der Waals surface area contributed by atoms with E-state index in [1.54, 1.807) is 4.90 Å². The van der Waals surface area contributed by atoms with Gasteiger partial charge >= 0.3 is 6.09 Å². The summed E-state index contributed by atoms with van der Waals surface area (Å²) in [5.74, 6) is 0. The van der Waals surface area contributed by atoms with Crippen molar-refractivity contribution in [3.8, 4) is 0 Å². The standard InChI is InChI=1S/C14H20N2O2/c15-12-8-16(10-14(12)6-7-14)13(17)18-9-11-4-2-1-3-5-11/h2,4-5,12H,1,3,6-10,15H2. The molecule has 4 nitrogen and oxygen atoms in total. The van der Waals surface area contributed by atoms with Crippen molar-refractivity contribution in [1.29, 1.82) is 0 Å². The number of rotatable bonds is 2. The van der Waals surface area contributed by atoms with Gasteiger partial charge in [-0.05, 0) is 31.3 Å². The summed E-state index contributed by atoms with van der Waals surface area (Å²) in [5.41, 5.74) is 7.39. The van der Waals surface area contributed by atoms with Crippen LogP contribution < -0.4 is 5.73 Å². The summed E-state index contributed by atoms with van der Waals surface area (Å²) in [6.07, 6.45) is 10.5. The maximum Gasteiger partial charge on any atom is 0.410 e. The van der Waals surface area contributed by atoms with E-state index in [-0.39, 0.29) is 17.6 Å². The smallest absolute Gasteiger partial charge is 0.410 e. The highest BCUT2D eigenvalue weighted by Crippen LogP contribution is 2.51. The monoisotopic (exact) mass is 248 g/mol. The molecule has 2 aliphatic carbocycles. The van der Waals surface area contributed by atoms with Crippen LogP contribution in [0.15, 0.2) is 23.8 Å². The van der Waals surface area contributed by atoms with Crippen molar-refractivity contribution in [3.63, 3.8) is 0 Å². The fraction of sp³-hybridized carbons (Fsp3) is 0.643. The number of allylic oxidation sites excluding steroid dienone is 2. The summed E-state index contributed by atoms with van der Waals surface area (Å²) in [6.45, 7) is 1.81. The number of ether oxygens (including phenoxy) is 1. The van der Waals surface area contributed by atoms with Crippen molar-refractivity contribution in [1.82, 2.24) is 4.90 Å². The molecule has 3 rings (SSSR count). The third kappa shape index (κ3) is 2.17. The second-order valence-corrected chi connectivity index (χ2v) is 5.66. The number of hydrogen-bond acceptors (Lipinski definition) is 3. The van der Waals surface area contributed by atoms with E-state index in [0.29, 0.717) is 13.2 Å². The van der Waals surface area contributed by atoms with Crippen LogP contribution in [-0.4, -0.2) is 36.7 Å². The van der Waals surface area contributed by atoms with Crippen molar-refractivity contribution < 1.29 is 9.53 Å². The number of hydrogen-bond donors (Lipinski definition) is 1. The molecular formula is C14H20N2O2. The van der Waals surface area contributed by atoms with Crippen molar-refractivity contribution in [2.45, 2.75) is 31.7 Å². The zero-order valence-electron chi connectivity index (χ0n) is 10.6. The van der Waals surface area contributed by atoms with E-state index in [2.05, 4.69) is 12.2 Å². The Labute approximate surface area is 107 Å². The molecule has 1 saturated carbocycles. The van der Waals surface area contributed by atoms with Crippen LogP contribution in [0.25, 0.3) is 0 Å². The van der Waals surface area contributed by atoms with Crippen LogP contribution >= 0.6 is 0 Å². The largest absolute Gasteiger partial charge is 0.445 e. The van der Waals surface area contributed by atoms with Gasteiger partial charge in [0.1, 0.15) is 6.61 Å². The Kier molecular flexibility index (Phi) is 2.90. The van der Waals surface area contributed by atoms with Crippen LogP contribution in [0.1, 0.15) is 25.7 Å². The molecule has 1 unspecified atom stereocenters. The van der Waals surface area contributed by atoms with E-state index in [1.165, 1.54) is 0 Å². The topological polar surface area (TPSA) is 55.6 Å². The highest BCUT2D eigenvalue weighted by Gasteiger charge is 2.54. The SMILES string of the molecule is NC1CN(C(=O)OCC2=CCCC=C2)CC12CC2. The Morgan fingerprint density at radius 3 is 2.94 bits per heavy atom. The first-order chi connectivity index (χ1) is 8.70. The lowest BCUT2D eigenvalue weighted by molar-refractivity contribution is 0.117. The third-order valence-electron chi connectivity index (χ3n) is 4.29. The van der Waals surface area contributed by atoms with Gasteiger partial charge in [0.2, 0.25) is 0 Å². The Hall–Kier alpha value is -1.29. The first kappa shape index (κ1) is 11.8. The van der Waals surface area contributed by atoms with Gasteiger partial charge in [-0.15, -0.1) is 0 Å². The average Bonchev–Trinajstić information content (AvgIpc) is 3.09. The molecule has 1 heterocycles. The summed E-state index contributed by atoms with van der Waals surface area (Å²) >= 11 is 0. The van der Waals surface area contributed by atoms with Crippen LogP contribution in [0, 0.1) is 5.41 Å². The van der Waals surface area contributed by atoms with Gasteiger partial charge in [0.15, 0.2) is 0 Å². The fourth-order valence-corrected chi connectivity index (χ4v) is 2.83. The lowest BCUT2D eigenvalue weighted by atomic mass is 10.0. The molecule has 1 saturated heterocycles. The zero-order valence-corrected chi connectivity index (χ0v) is 10.6. The van der Waals surface area contributed by atoms with E-state index in [4.69, 9.17) is 10.5 Å². The highest BCUT2D eigenvalue weighted by atomic mass is 16.6. The number of likely N-dealkylation sites (tertiary alicyclic amines) is 1. The minimum Gasteiger partial charge on any atom is -0.445 e. The second kappa shape index (κ2) is 4.43. The first-order valence-electron chi connectivity index (χ1n) is 6.72. The molecule has 0 aromatic heterocycles. The van der Waals surface area contributed by atoms with Gasteiger partial charge in [-0.25, -0.2) is 4.79 Å². The predicted molar refractivity (Wildman–Crippen MR) is 69.0 cm³/mol. The predicted octanol–water partition coefficient (Wildman–Crippen LogP) is 1.82. The van der Waals surface area contributed by atoms with Gasteiger partial charge in [-0.3, -0.25) is 0 Å². The van der Waals surface area contributed by atoms with Gasteiger partial charge in [0, 0.05) is 24.5 Å². The second-order valence-electron chi connectivity index (χ2n) is 5.66. The van der Waals surface area contributed by atoms with Gasteiger partial charge in [0.25, 0.3) is 0 Å². The van der Waals surface area contributed by atoms with E-state index in [0.717, 1.165) is 37.8 Å². The van der Waals surface area contributed by atoms with Gasteiger partial charge in [-0.1, -0.05) is 18.2 Å². The van der Waals surface area contributed by atoms with Crippen LogP contribution in [0.2, 0.25) is 0 Å². The molecule has 1 amide bonds. The van der Waals surface area contributed by atoms with E-state index in [1.807, 2.05) is 6.08 Å². The minimum atomic E-state index is -0.214. The average molecular weight is 248 g/mol. The van der Waals surface area contributed by atoms with Crippen LogP contribution in [0.4, 0.5) is 4.79 Å². The Morgan fingerprint density at radius 1 is 1.50 bits per heavy atom. The van der Waals surface area contributed by atoms with Crippen molar-refractivity contribution in [2.75, 3.05) is 19.7 Å². The third-order valence-corrected chi connectivity index (χ3v) is 4.29. The first-order valence-corrected chi connectivity index (χ1v) is 6.72. The van der Waals surface area contributed by atoms with Crippen LogP contribution in [0.5, 0.6) is 0 Å². The maximum atomic E-state index is 11.9. The number of nitrogens with zero attached hydrogens (tertiary/aromatic N) is 1. The Balaban J connectivity index is 1.50. The molecule has 4 heteroatoms. The number of nitrogens with two attached hydrogens (primary N) is 1. The molecule has 1 aliphatic heterocycles. The summed E-state index contributed by atoms with van der Waals surface area (Å²) in [7, 11) is 0. The lowest BCUT2D eigenvalue weighted by Gasteiger charge is -2.16. The molecule has 98 valence electrons. The van der Waals surface area contributed by atoms with Crippen molar-refractivity contribution in [2.24, 2.45) is 11.1 Å². The molecule has 3 aliphatic rings. The molecule has 0 aromatic carbocycles. The van der Waals surface area contributed by atoms with Gasteiger partial charge < -0.3 is 15.4 Å². The van der Waals surface area contributed by atoms with Crippen LogP contribution in [0.3, 0.4) is 0 Å². The number of amides is 1. The number of carbonyl (C=O) groups is 1. The molecular weight excluding hydrogens is 228 g/mol. The molecule has 1 atom stereocenters. The van der Waals surface area contributed by atoms with Crippen molar-refractivity contribution in [3.05, 3.63) is 23.8 Å². The molecule has 0 bridgehead atoms. The lowest BCUT2D eigenvalue weighted by Crippen LogP contribution is -2.33. The van der Waals surface area contributed by atoms with Crippen molar-refractivity contribution >= 4 is 6.09 Å². The quantitative estimate of drug-likeness (QED) is 0.811. The molecule has 2 N–H and O–H groups in total. The van der Waals surface area contributed by atoms with Crippen LogP contribution in [-0.2, 0) is 4.74 Å². The Bertz CT molecular complexity index is 410. The molecule has 0 radical (unpaired) electrons. The molecule has 0 aromatic rings. The molecule has 18 heavy (non-hydrogen) atoms. The van der Waals surface area contributed by atoms with E-state index >= 15 is 0 Å². The Morgan fingerprint density at radius 2 is 2.33 bits per heavy atom. The van der Waals surface area contributed by atoms with Gasteiger partial charge in [-0.2, -0.15) is 0 Å². The molecule has 2 fully saturated rings. The summed E-state index contributed by atoms with van der Waals surface area (Å²) < 4.78 is 5.35. The van der Waals surface area contributed by atoms with Gasteiger partial charge in [0.05, 0.1) is 0 Å². The summed E-state index contributed by atoms with van der Waals surface area (Å²) in [4.78, 5) is 13.7. The molecule has 1 spiro atoms. The summed E-state index contributed by atoms with van der Waals surface area (Å²) in [5, 5.41) is 0. The summed E-state index contributed by atoms with van der Waals surface area (Å²) in [6, 6.07) is 0.138. The maximum absolute atomic E-state index is 11.9. The zero-order chi connectivity index (χ0) is 12.6. The normalized spacial score (nSPS) is 28.4. The fourth-order valence-electron chi connectivity index (χ4n) is 2.83. The van der Waals surface area contributed by atoms with E-state index < -0.39 is 0 Å². The number of carbonyl (C=O) groups excluding carboxylic acids is 1. The minimum absolute atomic E-state index is 0.138.